The van der Waals surface area contributed by atoms with Crippen molar-refractivity contribution in [3.05, 3.63) is 23.8 Å². The monoisotopic (exact) mass is 262 g/mol. The predicted octanol–water partition coefficient (Wildman–Crippen LogP) is 0.513. The molecule has 1 aromatic carbocycles. The van der Waals surface area contributed by atoms with Gasteiger partial charge in [-0.05, 0) is 25.1 Å². The van der Waals surface area contributed by atoms with Gasteiger partial charge in [0, 0.05) is 19.7 Å². The molecule has 1 unspecified atom stereocenters. The first-order valence-electron chi connectivity index (χ1n) is 5.71. The van der Waals surface area contributed by atoms with Crippen molar-refractivity contribution >= 4 is 22.9 Å². The fourth-order valence-electron chi connectivity index (χ4n) is 1.72. The van der Waals surface area contributed by atoms with Crippen LogP contribution in [0.5, 0.6) is 0 Å². The third-order valence-electron chi connectivity index (χ3n) is 3.12. The average molecular weight is 262 g/mol. The molecule has 1 heterocycles. The highest BCUT2D eigenvalue weighted by Crippen LogP contribution is 2.14. The van der Waals surface area contributed by atoms with Gasteiger partial charge < -0.3 is 10.0 Å². The summed E-state index contributed by atoms with van der Waals surface area (Å²) in [4.78, 5) is 24.2. The second-order valence-corrected chi connectivity index (χ2v) is 4.35. The zero-order chi connectivity index (χ0) is 14.2. The Bertz CT molecular complexity index is 649. The molecule has 0 spiro atoms. The van der Waals surface area contributed by atoms with E-state index in [4.69, 9.17) is 5.11 Å². The van der Waals surface area contributed by atoms with Crippen LogP contribution < -0.4 is 0 Å². The minimum Gasteiger partial charge on any atom is -0.480 e. The van der Waals surface area contributed by atoms with Crippen LogP contribution in [0.2, 0.25) is 0 Å². The Balaban J connectivity index is 2.33. The van der Waals surface area contributed by atoms with Crippen LogP contribution in [0.25, 0.3) is 11.0 Å². The Morgan fingerprint density at radius 1 is 1.42 bits per heavy atom. The Kier molecular flexibility index (Phi) is 3.20. The summed E-state index contributed by atoms with van der Waals surface area (Å²) in [7, 11) is 3.22. The molecule has 1 amide bonds. The highest BCUT2D eigenvalue weighted by molar-refractivity contribution is 5.98. The first-order valence-corrected chi connectivity index (χ1v) is 5.71. The fraction of sp³-hybridized carbons (Fsp3) is 0.333. The van der Waals surface area contributed by atoms with Crippen LogP contribution in [-0.4, -0.2) is 50.0 Å². The van der Waals surface area contributed by atoms with Crippen LogP contribution in [0.1, 0.15) is 17.3 Å². The van der Waals surface area contributed by atoms with E-state index in [1.807, 2.05) is 0 Å². The smallest absolute Gasteiger partial charge is 0.326 e. The first-order chi connectivity index (χ1) is 8.91. The molecular formula is C12H14N4O3. The van der Waals surface area contributed by atoms with Gasteiger partial charge in [-0.25, -0.2) is 9.48 Å². The summed E-state index contributed by atoms with van der Waals surface area (Å²) in [5, 5.41) is 16.7. The number of likely N-dealkylation sites (N-methyl/N-ethyl adjacent to an activating group) is 1. The number of hydrogen-bond acceptors (Lipinski definition) is 4. The lowest BCUT2D eigenvalue weighted by Gasteiger charge is -2.21. The fourth-order valence-corrected chi connectivity index (χ4v) is 1.72. The summed E-state index contributed by atoms with van der Waals surface area (Å²) in [5.74, 6) is -1.40. The van der Waals surface area contributed by atoms with Crippen LogP contribution in [0.15, 0.2) is 18.2 Å². The molecule has 0 saturated carbocycles. The zero-order valence-electron chi connectivity index (χ0n) is 10.9. The number of rotatable bonds is 3. The number of hydrogen-bond donors (Lipinski definition) is 1. The zero-order valence-corrected chi connectivity index (χ0v) is 10.9. The van der Waals surface area contributed by atoms with Gasteiger partial charge in [-0.2, -0.15) is 0 Å². The number of carbonyl (C=O) groups excluding carboxylic acids is 1. The van der Waals surface area contributed by atoms with Gasteiger partial charge in [-0.3, -0.25) is 4.79 Å². The number of nitrogens with zero attached hydrogens (tertiary/aromatic N) is 4. The van der Waals surface area contributed by atoms with Crippen LogP contribution >= 0.6 is 0 Å². The minimum atomic E-state index is -1.04. The molecule has 0 bridgehead atoms. The van der Waals surface area contributed by atoms with E-state index in [0.717, 1.165) is 5.52 Å². The van der Waals surface area contributed by atoms with Gasteiger partial charge in [0.05, 0.1) is 5.52 Å². The number of benzene rings is 1. The number of amides is 1. The van der Waals surface area contributed by atoms with Gasteiger partial charge in [0.2, 0.25) is 0 Å². The quantitative estimate of drug-likeness (QED) is 0.870. The highest BCUT2D eigenvalue weighted by atomic mass is 16.4. The lowest BCUT2D eigenvalue weighted by atomic mass is 10.1. The second kappa shape index (κ2) is 4.68. The first kappa shape index (κ1) is 13.0. The molecule has 2 aromatic rings. The molecule has 0 saturated heterocycles. The maximum absolute atomic E-state index is 12.1. The molecule has 0 fully saturated rings. The maximum Gasteiger partial charge on any atom is 0.326 e. The summed E-state index contributed by atoms with van der Waals surface area (Å²) in [5.41, 5.74) is 1.80. The highest BCUT2D eigenvalue weighted by Gasteiger charge is 2.23. The van der Waals surface area contributed by atoms with E-state index in [0.29, 0.717) is 11.1 Å². The molecule has 7 nitrogen and oxygen atoms in total. The lowest BCUT2D eigenvalue weighted by molar-refractivity contribution is -0.141. The molecule has 0 aliphatic carbocycles. The number of aryl methyl sites for hydroxylation is 1. The number of aliphatic carboxylic acids is 1. The van der Waals surface area contributed by atoms with E-state index < -0.39 is 12.0 Å². The van der Waals surface area contributed by atoms with E-state index in [9.17, 15) is 9.59 Å². The SMILES string of the molecule is CC(C(=O)O)N(C)C(=O)c1ccc2c(c1)nnn2C. The van der Waals surface area contributed by atoms with E-state index in [-0.39, 0.29) is 5.91 Å². The normalized spacial score (nSPS) is 12.4. The van der Waals surface area contributed by atoms with Crippen molar-refractivity contribution in [2.75, 3.05) is 7.05 Å². The maximum atomic E-state index is 12.1. The molecule has 0 radical (unpaired) electrons. The van der Waals surface area contributed by atoms with Crippen molar-refractivity contribution in [1.29, 1.82) is 0 Å². The van der Waals surface area contributed by atoms with E-state index >= 15 is 0 Å². The third kappa shape index (κ3) is 2.26. The van der Waals surface area contributed by atoms with Crippen molar-refractivity contribution in [2.45, 2.75) is 13.0 Å². The average Bonchev–Trinajstić information content (AvgIpc) is 2.77. The van der Waals surface area contributed by atoms with Crippen LogP contribution in [-0.2, 0) is 11.8 Å². The molecule has 2 rings (SSSR count). The number of aromatic nitrogens is 3. The summed E-state index contributed by atoms with van der Waals surface area (Å²) < 4.78 is 1.60. The number of carboxylic acid groups (broad SMARTS) is 1. The molecule has 100 valence electrons. The number of fused-ring (bicyclic) bond motifs is 1. The molecular weight excluding hydrogens is 248 g/mol. The predicted molar refractivity (Wildman–Crippen MR) is 67.7 cm³/mol. The summed E-state index contributed by atoms with van der Waals surface area (Å²) in [6, 6.07) is 4.10. The molecule has 1 N–H and O–H groups in total. The van der Waals surface area contributed by atoms with Crippen LogP contribution in [0.3, 0.4) is 0 Å². The molecule has 1 atom stereocenters. The molecule has 0 aliphatic heterocycles. The summed E-state index contributed by atoms with van der Waals surface area (Å²) >= 11 is 0. The summed E-state index contributed by atoms with van der Waals surface area (Å²) in [6.07, 6.45) is 0. The van der Waals surface area contributed by atoms with Crippen molar-refractivity contribution < 1.29 is 14.7 Å². The Labute approximate surface area is 109 Å². The van der Waals surface area contributed by atoms with Crippen molar-refractivity contribution in [1.82, 2.24) is 19.9 Å². The standard InChI is InChI=1S/C12H14N4O3/c1-7(12(18)19)15(2)11(17)8-4-5-10-9(6-8)13-14-16(10)3/h4-7H,1-3H3,(H,18,19). The van der Waals surface area contributed by atoms with E-state index in [2.05, 4.69) is 10.3 Å². The van der Waals surface area contributed by atoms with Crippen molar-refractivity contribution in [2.24, 2.45) is 7.05 Å². The van der Waals surface area contributed by atoms with Gasteiger partial charge in [-0.15, -0.1) is 5.10 Å². The van der Waals surface area contributed by atoms with Crippen LogP contribution in [0, 0.1) is 0 Å². The van der Waals surface area contributed by atoms with Gasteiger partial charge in [0.15, 0.2) is 0 Å². The van der Waals surface area contributed by atoms with Gasteiger partial charge >= 0.3 is 5.97 Å². The van der Waals surface area contributed by atoms with E-state index in [1.165, 1.54) is 18.9 Å². The van der Waals surface area contributed by atoms with Crippen LogP contribution in [0.4, 0.5) is 0 Å². The van der Waals surface area contributed by atoms with E-state index in [1.54, 1.807) is 29.9 Å². The Morgan fingerprint density at radius 3 is 2.74 bits per heavy atom. The van der Waals surface area contributed by atoms with Gasteiger partial charge in [0.1, 0.15) is 11.6 Å². The number of carboxylic acids is 1. The Morgan fingerprint density at radius 2 is 2.11 bits per heavy atom. The summed E-state index contributed by atoms with van der Waals surface area (Å²) in [6.45, 7) is 1.46. The van der Waals surface area contributed by atoms with Gasteiger partial charge in [0.25, 0.3) is 5.91 Å². The topological polar surface area (TPSA) is 88.3 Å². The third-order valence-corrected chi connectivity index (χ3v) is 3.12. The van der Waals surface area contributed by atoms with Crippen molar-refractivity contribution in [3.8, 4) is 0 Å². The lowest BCUT2D eigenvalue weighted by Crippen LogP contribution is -2.40. The molecule has 7 heteroatoms. The molecule has 0 aliphatic rings. The van der Waals surface area contributed by atoms with Crippen molar-refractivity contribution in [3.63, 3.8) is 0 Å². The minimum absolute atomic E-state index is 0.359. The molecule has 19 heavy (non-hydrogen) atoms. The van der Waals surface area contributed by atoms with Gasteiger partial charge in [-0.1, -0.05) is 5.21 Å². The largest absolute Gasteiger partial charge is 0.480 e. The Hall–Kier alpha value is -2.44. The number of carbonyl (C=O) groups is 2. The second-order valence-electron chi connectivity index (χ2n) is 4.35. The molecule has 1 aromatic heterocycles.